The van der Waals surface area contributed by atoms with Gasteiger partial charge in [0.05, 0.1) is 6.61 Å². The summed E-state index contributed by atoms with van der Waals surface area (Å²) < 4.78 is 5.33. The van der Waals surface area contributed by atoms with Crippen LogP contribution in [0.4, 0.5) is 0 Å². The molecule has 2 bridgehead atoms. The number of ether oxygens (including phenoxy) is 1. The predicted octanol–water partition coefficient (Wildman–Crippen LogP) is 1.53. The molecule has 3 atom stereocenters. The number of nitrogens with zero attached hydrogens (tertiary/aromatic N) is 1. The molecular formula is C13H16ClNO3. The maximum Gasteiger partial charge on any atom is 0.334 e. The van der Waals surface area contributed by atoms with Crippen molar-refractivity contribution >= 4 is 18.4 Å². The molecule has 3 aliphatic rings. The van der Waals surface area contributed by atoms with Gasteiger partial charge in [0.15, 0.2) is 6.10 Å². The van der Waals surface area contributed by atoms with Crippen molar-refractivity contribution < 1.29 is 14.6 Å². The summed E-state index contributed by atoms with van der Waals surface area (Å²) in [5, 5.41) is 9.07. The number of carboxylic acids is 1. The summed E-state index contributed by atoms with van der Waals surface area (Å²) in [5.74, 6) is -0.841. The minimum absolute atomic E-state index is 0. The number of fused-ring (bicyclic) bond motifs is 2. The number of halogens is 1. The van der Waals surface area contributed by atoms with Crippen LogP contribution in [0.25, 0.3) is 0 Å². The van der Waals surface area contributed by atoms with Crippen molar-refractivity contribution in [3.05, 3.63) is 35.9 Å². The molecule has 0 amide bonds. The van der Waals surface area contributed by atoms with Crippen LogP contribution in [0.3, 0.4) is 0 Å². The summed E-state index contributed by atoms with van der Waals surface area (Å²) in [4.78, 5) is 13.3. The second-order valence-corrected chi connectivity index (χ2v) is 4.71. The van der Waals surface area contributed by atoms with Gasteiger partial charge in [0.25, 0.3) is 0 Å². The Kier molecular flexibility index (Phi) is 3.90. The fourth-order valence-corrected chi connectivity index (χ4v) is 2.75. The maximum absolute atomic E-state index is 11.0. The molecule has 1 aromatic carbocycles. The molecule has 3 heterocycles. The minimum Gasteiger partial charge on any atom is -0.479 e. The molecule has 5 heteroatoms. The molecule has 0 spiro atoms. The molecule has 3 fully saturated rings. The van der Waals surface area contributed by atoms with Gasteiger partial charge in [0, 0.05) is 18.6 Å². The number of hydrogen-bond acceptors (Lipinski definition) is 3. The zero-order chi connectivity index (χ0) is 11.8. The summed E-state index contributed by atoms with van der Waals surface area (Å²) in [6, 6.07) is 10.6. The van der Waals surface area contributed by atoms with Crippen LogP contribution in [-0.4, -0.2) is 40.8 Å². The average molecular weight is 270 g/mol. The van der Waals surface area contributed by atoms with E-state index in [-0.39, 0.29) is 18.4 Å². The first kappa shape index (κ1) is 13.3. The van der Waals surface area contributed by atoms with Gasteiger partial charge in [0.1, 0.15) is 0 Å². The van der Waals surface area contributed by atoms with E-state index in [4.69, 9.17) is 9.84 Å². The van der Waals surface area contributed by atoms with Crippen LogP contribution in [0.15, 0.2) is 30.3 Å². The van der Waals surface area contributed by atoms with Gasteiger partial charge in [-0.1, -0.05) is 30.3 Å². The van der Waals surface area contributed by atoms with Crippen molar-refractivity contribution in [1.29, 1.82) is 0 Å². The summed E-state index contributed by atoms with van der Waals surface area (Å²) in [5.41, 5.74) is 1.23. The second kappa shape index (κ2) is 5.26. The average Bonchev–Trinajstić information content (AvgIpc) is 2.37. The number of rotatable bonds is 3. The lowest BCUT2D eigenvalue weighted by atomic mass is 9.85. The van der Waals surface area contributed by atoms with Crippen molar-refractivity contribution in [3.8, 4) is 0 Å². The largest absolute Gasteiger partial charge is 0.479 e. The van der Waals surface area contributed by atoms with E-state index in [1.807, 2.05) is 18.2 Å². The van der Waals surface area contributed by atoms with E-state index in [0.29, 0.717) is 12.6 Å². The predicted molar refractivity (Wildman–Crippen MR) is 68.8 cm³/mol. The number of carbonyl (C=O) groups is 1. The SMILES string of the molecule is Cl.O=C(O)[C@H]1OC[C@@H]2C[C@H]1N2Cc1ccccc1. The van der Waals surface area contributed by atoms with Crippen molar-refractivity contribution in [2.45, 2.75) is 31.2 Å². The van der Waals surface area contributed by atoms with E-state index < -0.39 is 12.1 Å². The molecule has 0 unspecified atom stereocenters. The summed E-state index contributed by atoms with van der Waals surface area (Å²) in [6.07, 6.45) is 0.299. The first-order valence-corrected chi connectivity index (χ1v) is 5.90. The van der Waals surface area contributed by atoms with E-state index in [1.165, 1.54) is 5.56 Å². The third kappa shape index (κ3) is 2.23. The zero-order valence-corrected chi connectivity index (χ0v) is 10.7. The highest BCUT2D eigenvalue weighted by Crippen LogP contribution is 2.36. The van der Waals surface area contributed by atoms with Gasteiger partial charge >= 0.3 is 5.97 Å². The van der Waals surface area contributed by atoms with Gasteiger partial charge < -0.3 is 9.84 Å². The van der Waals surface area contributed by atoms with Crippen molar-refractivity contribution in [2.75, 3.05) is 6.61 Å². The third-order valence-electron chi connectivity index (χ3n) is 3.68. The van der Waals surface area contributed by atoms with E-state index in [1.54, 1.807) is 0 Å². The number of benzene rings is 1. The van der Waals surface area contributed by atoms with Crippen LogP contribution < -0.4 is 0 Å². The molecular weight excluding hydrogens is 254 g/mol. The minimum atomic E-state index is -0.841. The Morgan fingerprint density at radius 3 is 2.72 bits per heavy atom. The normalized spacial score (nSPS) is 30.1. The zero-order valence-electron chi connectivity index (χ0n) is 9.86. The Hall–Kier alpha value is -1.10. The molecule has 0 radical (unpaired) electrons. The first-order valence-electron chi connectivity index (χ1n) is 5.90. The molecule has 3 saturated heterocycles. The van der Waals surface area contributed by atoms with Crippen molar-refractivity contribution in [1.82, 2.24) is 4.90 Å². The fourth-order valence-electron chi connectivity index (χ4n) is 2.75. The van der Waals surface area contributed by atoms with Crippen LogP contribution >= 0.6 is 12.4 Å². The van der Waals surface area contributed by atoms with Gasteiger partial charge in [0.2, 0.25) is 0 Å². The molecule has 4 nitrogen and oxygen atoms in total. The topological polar surface area (TPSA) is 49.8 Å². The lowest BCUT2D eigenvalue weighted by molar-refractivity contribution is -0.197. The van der Waals surface area contributed by atoms with E-state index in [9.17, 15) is 4.79 Å². The van der Waals surface area contributed by atoms with Gasteiger partial charge in [-0.15, -0.1) is 12.4 Å². The van der Waals surface area contributed by atoms with Crippen LogP contribution in [0.1, 0.15) is 12.0 Å². The van der Waals surface area contributed by atoms with E-state index in [2.05, 4.69) is 17.0 Å². The van der Waals surface area contributed by atoms with E-state index in [0.717, 1.165) is 13.0 Å². The number of hydrogen-bond donors (Lipinski definition) is 1. The summed E-state index contributed by atoms with van der Waals surface area (Å²) in [7, 11) is 0. The Balaban J connectivity index is 0.00000120. The summed E-state index contributed by atoms with van der Waals surface area (Å²) in [6.45, 7) is 1.36. The highest BCUT2D eigenvalue weighted by molar-refractivity contribution is 5.85. The maximum atomic E-state index is 11.0. The Morgan fingerprint density at radius 1 is 1.39 bits per heavy atom. The van der Waals surface area contributed by atoms with Crippen LogP contribution in [-0.2, 0) is 16.1 Å². The molecule has 1 N–H and O–H groups in total. The van der Waals surface area contributed by atoms with Gasteiger partial charge in [-0.25, -0.2) is 4.79 Å². The highest BCUT2D eigenvalue weighted by Gasteiger charge is 2.50. The van der Waals surface area contributed by atoms with Crippen LogP contribution in [0.2, 0.25) is 0 Å². The van der Waals surface area contributed by atoms with Crippen molar-refractivity contribution in [2.24, 2.45) is 0 Å². The highest BCUT2D eigenvalue weighted by atomic mass is 35.5. The Labute approximate surface area is 112 Å². The monoisotopic (exact) mass is 269 g/mol. The van der Waals surface area contributed by atoms with Gasteiger partial charge in [-0.2, -0.15) is 0 Å². The molecule has 1 aromatic rings. The lowest BCUT2D eigenvalue weighted by Gasteiger charge is -2.54. The molecule has 0 aliphatic carbocycles. The van der Waals surface area contributed by atoms with Crippen LogP contribution in [0.5, 0.6) is 0 Å². The smallest absolute Gasteiger partial charge is 0.334 e. The van der Waals surface area contributed by atoms with Gasteiger partial charge in [-0.05, 0) is 12.0 Å². The Morgan fingerprint density at radius 2 is 2.11 bits per heavy atom. The second-order valence-electron chi connectivity index (χ2n) is 4.71. The molecule has 4 rings (SSSR count). The quantitative estimate of drug-likeness (QED) is 0.904. The lowest BCUT2D eigenvalue weighted by Crippen LogP contribution is -2.68. The molecule has 98 valence electrons. The summed E-state index contributed by atoms with van der Waals surface area (Å²) >= 11 is 0. The number of carboxylic acid groups (broad SMARTS) is 1. The fraction of sp³-hybridized carbons (Fsp3) is 0.462. The molecule has 0 saturated carbocycles. The molecule has 0 aromatic heterocycles. The Bertz CT molecular complexity index is 424. The molecule has 18 heavy (non-hydrogen) atoms. The first-order chi connectivity index (χ1) is 8.25. The third-order valence-corrected chi connectivity index (χ3v) is 3.68. The van der Waals surface area contributed by atoms with Crippen molar-refractivity contribution in [3.63, 3.8) is 0 Å². The number of morpholine rings is 1. The number of aliphatic carboxylic acids is 1. The standard InChI is InChI=1S/C13H15NO3.ClH/c15-13(16)12-11-6-10(8-17-12)14(11)7-9-4-2-1-3-5-9;/h1-5,10-12H,6-8H2,(H,15,16);1H/t10-,11+,12-;/m0./s1. The molecule has 3 aliphatic heterocycles. The van der Waals surface area contributed by atoms with Crippen LogP contribution in [0, 0.1) is 0 Å². The van der Waals surface area contributed by atoms with E-state index >= 15 is 0 Å². The van der Waals surface area contributed by atoms with Gasteiger partial charge in [-0.3, -0.25) is 4.90 Å².